The summed E-state index contributed by atoms with van der Waals surface area (Å²) in [7, 11) is 0. The number of amides is 1. The monoisotopic (exact) mass is 557 g/mol. The lowest BCUT2D eigenvalue weighted by molar-refractivity contribution is 0.0961. The molecule has 6 rings (SSSR count). The predicted molar refractivity (Wildman–Crippen MR) is 166 cm³/mol. The molecule has 0 radical (unpaired) electrons. The second-order valence-electron chi connectivity index (χ2n) is 10.6. The van der Waals surface area contributed by atoms with E-state index in [2.05, 4.69) is 39.7 Å². The summed E-state index contributed by atoms with van der Waals surface area (Å²) >= 11 is 0. The Bertz CT molecular complexity index is 1790. The second kappa shape index (κ2) is 11.7. The molecule has 0 spiro atoms. The summed E-state index contributed by atoms with van der Waals surface area (Å²) in [5, 5.41) is 29.1. The predicted octanol–water partition coefficient (Wildman–Crippen LogP) is 5.84. The van der Waals surface area contributed by atoms with Crippen molar-refractivity contribution in [2.75, 3.05) is 18.5 Å². The number of allylic oxidation sites excluding steroid dienone is 4. The Balaban J connectivity index is 1.32. The average molecular weight is 558 g/mol. The van der Waals surface area contributed by atoms with Crippen LogP contribution in [0.4, 0.5) is 5.69 Å². The highest BCUT2D eigenvalue weighted by molar-refractivity contribution is 6.08. The van der Waals surface area contributed by atoms with E-state index in [0.717, 1.165) is 39.7 Å². The Labute approximate surface area is 243 Å². The molecule has 3 aromatic carbocycles. The van der Waals surface area contributed by atoms with Gasteiger partial charge in [-0.15, -0.1) is 0 Å². The van der Waals surface area contributed by atoms with Crippen LogP contribution < -0.4 is 10.6 Å². The highest BCUT2D eigenvalue weighted by Crippen LogP contribution is 2.36. The molecule has 3 unspecified atom stereocenters. The van der Waals surface area contributed by atoms with E-state index in [0.29, 0.717) is 30.3 Å². The number of anilines is 1. The number of phenols is 1. The Hall–Kier alpha value is -5.23. The summed E-state index contributed by atoms with van der Waals surface area (Å²) in [5.74, 6) is -0.310. The number of fused-ring (bicyclic) bond motifs is 2. The van der Waals surface area contributed by atoms with Crippen molar-refractivity contribution in [1.29, 1.82) is 5.26 Å². The van der Waals surface area contributed by atoms with Gasteiger partial charge in [-0.1, -0.05) is 55.5 Å². The van der Waals surface area contributed by atoms with Crippen molar-refractivity contribution in [2.24, 2.45) is 21.8 Å². The van der Waals surface area contributed by atoms with E-state index in [1.807, 2.05) is 60.7 Å². The molecule has 2 aliphatic rings. The van der Waals surface area contributed by atoms with Crippen molar-refractivity contribution in [3.05, 3.63) is 89.9 Å². The van der Waals surface area contributed by atoms with Crippen molar-refractivity contribution < 1.29 is 9.90 Å². The van der Waals surface area contributed by atoms with E-state index in [1.54, 1.807) is 12.3 Å². The number of aliphatic imine (C=N–C) groups is 2. The lowest BCUT2D eigenvalue weighted by atomic mass is 9.91. The third kappa shape index (κ3) is 5.39. The van der Waals surface area contributed by atoms with Crippen LogP contribution in [0.2, 0.25) is 0 Å². The molecule has 4 N–H and O–H groups in total. The van der Waals surface area contributed by atoms with Gasteiger partial charge in [0.25, 0.3) is 5.91 Å². The zero-order valence-corrected chi connectivity index (χ0v) is 23.2. The van der Waals surface area contributed by atoms with Gasteiger partial charge in [0.2, 0.25) is 0 Å². The maximum atomic E-state index is 13.3. The number of nitrogens with one attached hydrogen (secondary N) is 3. The number of benzene rings is 3. The van der Waals surface area contributed by atoms with Crippen LogP contribution in [0.15, 0.2) is 88.5 Å². The van der Waals surface area contributed by atoms with Crippen LogP contribution in [0.5, 0.6) is 5.75 Å². The maximum absolute atomic E-state index is 13.3. The molecule has 1 aromatic heterocycles. The van der Waals surface area contributed by atoms with E-state index in [-0.39, 0.29) is 29.8 Å². The molecule has 0 saturated carbocycles. The molecule has 42 heavy (non-hydrogen) atoms. The van der Waals surface area contributed by atoms with Crippen LogP contribution in [0.3, 0.4) is 0 Å². The van der Waals surface area contributed by atoms with Gasteiger partial charge in [-0.3, -0.25) is 14.8 Å². The fourth-order valence-electron chi connectivity index (χ4n) is 5.60. The van der Waals surface area contributed by atoms with Crippen molar-refractivity contribution in [3.8, 4) is 11.8 Å². The largest absolute Gasteiger partial charge is 0.505 e. The lowest BCUT2D eigenvalue weighted by Crippen LogP contribution is -2.25. The molecule has 3 atom stereocenters. The molecule has 0 saturated heterocycles. The minimum atomic E-state index is -0.616. The zero-order valence-electron chi connectivity index (χ0n) is 23.2. The first kappa shape index (κ1) is 27.0. The molecule has 9 nitrogen and oxygen atoms in total. The standard InChI is InChI=1S/C33H31N7O2/c1-20-7-6-9-23(15-20)38-33(42)26-16-21-8-2-3-10-24(21)30(31(26)41)37-19-36-29-22(17-34)18-35-14-13-25(29)32-39-27-11-4-5-12-28(27)40-32/h2-12,16,18,20,22,25,37,41H,13-15,19H2,1H3,(H,38,42)(H,39,40). The number of carbonyl (C=O) groups excluding carboxylic acids is 1. The third-order valence-electron chi connectivity index (χ3n) is 7.69. The number of phenolic OH excluding ortho intramolecular Hbond substituents is 1. The molecule has 4 aromatic rings. The van der Waals surface area contributed by atoms with Gasteiger partial charge < -0.3 is 20.7 Å². The Morgan fingerprint density at radius 1 is 1.21 bits per heavy atom. The summed E-state index contributed by atoms with van der Waals surface area (Å²) in [6, 6.07) is 19.4. The van der Waals surface area contributed by atoms with Crippen molar-refractivity contribution in [2.45, 2.75) is 25.7 Å². The van der Waals surface area contributed by atoms with E-state index in [4.69, 9.17) is 9.98 Å². The Kier molecular flexibility index (Phi) is 7.52. The fourth-order valence-corrected chi connectivity index (χ4v) is 5.60. The van der Waals surface area contributed by atoms with Crippen molar-refractivity contribution >= 4 is 45.3 Å². The van der Waals surface area contributed by atoms with E-state index < -0.39 is 5.92 Å². The highest BCUT2D eigenvalue weighted by atomic mass is 16.3. The minimum Gasteiger partial charge on any atom is -0.505 e. The highest BCUT2D eigenvalue weighted by Gasteiger charge is 2.29. The van der Waals surface area contributed by atoms with Gasteiger partial charge in [-0.05, 0) is 48.4 Å². The van der Waals surface area contributed by atoms with Crippen molar-refractivity contribution in [3.63, 3.8) is 0 Å². The second-order valence-corrected chi connectivity index (χ2v) is 10.6. The number of H-pyrrole nitrogens is 1. The average Bonchev–Trinajstić information content (AvgIpc) is 3.32. The summed E-state index contributed by atoms with van der Waals surface area (Å²) in [6.07, 6.45) is 8.92. The number of aromatic hydroxyl groups is 1. The first-order valence-corrected chi connectivity index (χ1v) is 14.1. The van der Waals surface area contributed by atoms with Crippen LogP contribution in [0.25, 0.3) is 21.8 Å². The van der Waals surface area contributed by atoms with Crippen LogP contribution >= 0.6 is 0 Å². The zero-order chi connectivity index (χ0) is 29.1. The SMILES string of the molecule is CC1C=CC=C(NC(=O)c2cc3ccccc3c(NCN=C3C(C#N)C=NCCC3c3nc4ccccc4[nH]3)c2O)C1. The number of aromatic amines is 1. The van der Waals surface area contributed by atoms with Gasteiger partial charge in [-0.2, -0.15) is 5.26 Å². The summed E-state index contributed by atoms with van der Waals surface area (Å²) in [4.78, 5) is 30.8. The van der Waals surface area contributed by atoms with Gasteiger partial charge in [0, 0.05) is 29.6 Å². The molecule has 0 bridgehead atoms. The quantitative estimate of drug-likeness (QED) is 0.221. The van der Waals surface area contributed by atoms with Crippen LogP contribution in [-0.2, 0) is 0 Å². The maximum Gasteiger partial charge on any atom is 0.259 e. The number of para-hydroxylation sites is 2. The fraction of sp³-hybridized carbons (Fsp3) is 0.242. The van der Waals surface area contributed by atoms with Gasteiger partial charge in [0.05, 0.1) is 34.3 Å². The number of nitriles is 1. The Morgan fingerprint density at radius 2 is 2.05 bits per heavy atom. The number of imidazole rings is 1. The lowest BCUT2D eigenvalue weighted by Gasteiger charge is -2.19. The normalized spacial score (nSPS) is 21.2. The molecule has 0 fully saturated rings. The van der Waals surface area contributed by atoms with E-state index in [1.165, 1.54) is 0 Å². The third-order valence-corrected chi connectivity index (χ3v) is 7.69. The minimum absolute atomic E-state index is 0.0776. The number of carbonyl (C=O) groups is 1. The number of nitrogens with zero attached hydrogens (tertiary/aromatic N) is 4. The van der Waals surface area contributed by atoms with E-state index >= 15 is 0 Å². The summed E-state index contributed by atoms with van der Waals surface area (Å²) < 4.78 is 0. The molecule has 1 aliphatic heterocycles. The van der Waals surface area contributed by atoms with Gasteiger partial charge in [0.1, 0.15) is 18.4 Å². The summed E-state index contributed by atoms with van der Waals surface area (Å²) in [5.41, 5.74) is 3.80. The van der Waals surface area contributed by atoms with Crippen LogP contribution in [0, 0.1) is 23.2 Å². The molecular weight excluding hydrogens is 526 g/mol. The van der Waals surface area contributed by atoms with Gasteiger partial charge >= 0.3 is 0 Å². The van der Waals surface area contributed by atoms with Crippen molar-refractivity contribution in [1.82, 2.24) is 15.3 Å². The van der Waals surface area contributed by atoms with Gasteiger partial charge in [-0.25, -0.2) is 4.98 Å². The molecular formula is C33H31N7O2. The molecule has 2 heterocycles. The number of rotatable bonds is 6. The first-order valence-electron chi connectivity index (χ1n) is 14.1. The number of hydrogen-bond acceptors (Lipinski definition) is 7. The number of aromatic nitrogens is 2. The smallest absolute Gasteiger partial charge is 0.259 e. The molecule has 1 amide bonds. The van der Waals surface area contributed by atoms with Gasteiger partial charge in [0.15, 0.2) is 5.75 Å². The summed E-state index contributed by atoms with van der Waals surface area (Å²) in [6.45, 7) is 2.72. The number of hydrogen-bond donors (Lipinski definition) is 4. The van der Waals surface area contributed by atoms with E-state index in [9.17, 15) is 15.2 Å². The first-order chi connectivity index (χ1) is 20.5. The molecule has 1 aliphatic carbocycles. The molecule has 210 valence electrons. The van der Waals surface area contributed by atoms with Crippen LogP contribution in [-0.4, -0.2) is 46.1 Å². The topological polar surface area (TPSA) is 139 Å². The Morgan fingerprint density at radius 3 is 2.88 bits per heavy atom. The van der Waals surface area contributed by atoms with Crippen LogP contribution in [0.1, 0.15) is 41.9 Å². The molecule has 9 heteroatoms.